The minimum Gasteiger partial charge on any atom is -0.440 e. The van der Waals surface area contributed by atoms with Gasteiger partial charge in [-0.2, -0.15) is 9.97 Å². The minimum atomic E-state index is 0.406. The minimum absolute atomic E-state index is 0.406. The molecule has 0 aromatic carbocycles. The summed E-state index contributed by atoms with van der Waals surface area (Å²) in [5, 5.41) is 6.58. The van der Waals surface area contributed by atoms with Crippen molar-refractivity contribution in [3.63, 3.8) is 0 Å². The van der Waals surface area contributed by atoms with E-state index in [4.69, 9.17) is 4.42 Å². The first-order valence-corrected chi connectivity index (χ1v) is 5.38. The summed E-state index contributed by atoms with van der Waals surface area (Å²) in [5.41, 5.74) is 2.09. The first kappa shape index (κ1) is 9.53. The van der Waals surface area contributed by atoms with Crippen molar-refractivity contribution in [3.8, 4) is 0 Å². The summed E-state index contributed by atoms with van der Waals surface area (Å²) in [7, 11) is 0. The van der Waals surface area contributed by atoms with Crippen LogP contribution in [0, 0.1) is 6.92 Å². The standard InChI is InChI=1S/C10H13N5O/c1-6-8-9(12-5-16-8)15-10(13-6)14-7-2-3-11-4-7/h5,7,11H,2-4H2,1H3,(H,13,14,15). The lowest BCUT2D eigenvalue weighted by atomic mass is 10.3. The molecule has 1 fully saturated rings. The van der Waals surface area contributed by atoms with Gasteiger partial charge in [0.25, 0.3) is 0 Å². The molecule has 3 rings (SSSR count). The maximum atomic E-state index is 5.20. The lowest BCUT2D eigenvalue weighted by Gasteiger charge is -2.10. The number of hydrogen-bond acceptors (Lipinski definition) is 6. The molecule has 1 atom stereocenters. The third-order valence-corrected chi connectivity index (χ3v) is 2.76. The zero-order chi connectivity index (χ0) is 11.0. The van der Waals surface area contributed by atoms with Gasteiger partial charge in [-0.3, -0.25) is 0 Å². The molecule has 1 saturated heterocycles. The van der Waals surface area contributed by atoms with Crippen molar-refractivity contribution >= 4 is 17.2 Å². The van der Waals surface area contributed by atoms with E-state index in [1.54, 1.807) is 0 Å². The normalized spacial score (nSPS) is 20.4. The number of aryl methyl sites for hydroxylation is 1. The van der Waals surface area contributed by atoms with E-state index in [1.807, 2.05) is 6.92 Å². The SMILES string of the molecule is Cc1nc(NC2CCNC2)nc2ncoc12. The molecule has 0 radical (unpaired) electrons. The lowest BCUT2D eigenvalue weighted by molar-refractivity contribution is 0.597. The molecule has 0 bridgehead atoms. The van der Waals surface area contributed by atoms with Gasteiger partial charge >= 0.3 is 0 Å². The summed E-state index contributed by atoms with van der Waals surface area (Å²) < 4.78 is 5.20. The van der Waals surface area contributed by atoms with Crippen LogP contribution >= 0.6 is 0 Å². The van der Waals surface area contributed by atoms with Gasteiger partial charge < -0.3 is 15.1 Å². The monoisotopic (exact) mass is 219 g/mol. The lowest BCUT2D eigenvalue weighted by Crippen LogP contribution is -2.23. The Labute approximate surface area is 92.5 Å². The predicted molar refractivity (Wildman–Crippen MR) is 59.2 cm³/mol. The molecule has 1 aliphatic rings. The van der Waals surface area contributed by atoms with Gasteiger partial charge in [0.1, 0.15) is 0 Å². The summed E-state index contributed by atoms with van der Waals surface area (Å²) >= 11 is 0. The number of anilines is 1. The molecule has 6 heteroatoms. The molecule has 0 saturated carbocycles. The van der Waals surface area contributed by atoms with Crippen LogP contribution in [0.4, 0.5) is 5.95 Å². The van der Waals surface area contributed by atoms with Crippen LogP contribution in [0.25, 0.3) is 11.2 Å². The molecule has 1 unspecified atom stereocenters. The van der Waals surface area contributed by atoms with Crippen LogP contribution in [0.1, 0.15) is 12.1 Å². The van der Waals surface area contributed by atoms with Gasteiger partial charge in [0.2, 0.25) is 11.6 Å². The molecule has 0 spiro atoms. The highest BCUT2D eigenvalue weighted by Crippen LogP contribution is 2.16. The maximum absolute atomic E-state index is 5.20. The Balaban J connectivity index is 1.91. The van der Waals surface area contributed by atoms with E-state index in [0.717, 1.165) is 25.2 Å². The topological polar surface area (TPSA) is 75.9 Å². The second-order valence-corrected chi connectivity index (χ2v) is 3.97. The third-order valence-electron chi connectivity index (χ3n) is 2.76. The van der Waals surface area contributed by atoms with E-state index in [0.29, 0.717) is 23.2 Å². The Bertz CT molecular complexity index is 503. The number of rotatable bonds is 2. The van der Waals surface area contributed by atoms with E-state index >= 15 is 0 Å². The van der Waals surface area contributed by atoms with Crippen molar-refractivity contribution in [3.05, 3.63) is 12.1 Å². The molecule has 0 aliphatic carbocycles. The van der Waals surface area contributed by atoms with Gasteiger partial charge in [0.15, 0.2) is 12.0 Å². The largest absolute Gasteiger partial charge is 0.440 e. The number of nitrogens with one attached hydrogen (secondary N) is 2. The van der Waals surface area contributed by atoms with Crippen LogP contribution in [0.15, 0.2) is 10.8 Å². The van der Waals surface area contributed by atoms with Gasteiger partial charge in [-0.15, -0.1) is 0 Å². The molecule has 0 amide bonds. The van der Waals surface area contributed by atoms with E-state index in [2.05, 4.69) is 25.6 Å². The Hall–Kier alpha value is -1.69. The first-order valence-electron chi connectivity index (χ1n) is 5.38. The fraction of sp³-hybridized carbons (Fsp3) is 0.500. The Morgan fingerprint density at radius 2 is 2.44 bits per heavy atom. The van der Waals surface area contributed by atoms with Gasteiger partial charge in [-0.05, 0) is 19.9 Å². The van der Waals surface area contributed by atoms with Crippen molar-refractivity contribution in [2.75, 3.05) is 18.4 Å². The summed E-state index contributed by atoms with van der Waals surface area (Å²) in [5.74, 6) is 0.632. The molecule has 84 valence electrons. The predicted octanol–water partition coefficient (Wildman–Crippen LogP) is 0.700. The van der Waals surface area contributed by atoms with Gasteiger partial charge in [-0.25, -0.2) is 4.98 Å². The van der Waals surface area contributed by atoms with Crippen LogP contribution in [0.5, 0.6) is 0 Å². The average Bonchev–Trinajstić information content (AvgIpc) is 2.87. The third kappa shape index (κ3) is 1.61. The quantitative estimate of drug-likeness (QED) is 0.774. The number of oxazole rings is 1. The van der Waals surface area contributed by atoms with E-state index in [1.165, 1.54) is 6.39 Å². The van der Waals surface area contributed by atoms with Crippen LogP contribution < -0.4 is 10.6 Å². The fourth-order valence-electron chi connectivity index (χ4n) is 1.93. The van der Waals surface area contributed by atoms with Gasteiger partial charge in [0.05, 0.1) is 5.69 Å². The van der Waals surface area contributed by atoms with E-state index < -0.39 is 0 Å². The highest BCUT2D eigenvalue weighted by Gasteiger charge is 2.16. The smallest absolute Gasteiger partial charge is 0.225 e. The highest BCUT2D eigenvalue weighted by atomic mass is 16.3. The number of nitrogens with zero attached hydrogens (tertiary/aromatic N) is 3. The maximum Gasteiger partial charge on any atom is 0.225 e. The summed E-state index contributed by atoms with van der Waals surface area (Å²) in [4.78, 5) is 12.7. The molecule has 16 heavy (non-hydrogen) atoms. The fourth-order valence-corrected chi connectivity index (χ4v) is 1.93. The summed E-state index contributed by atoms with van der Waals surface area (Å²) in [6, 6.07) is 0.406. The Morgan fingerprint density at radius 3 is 3.25 bits per heavy atom. The first-order chi connectivity index (χ1) is 7.83. The molecular formula is C10H13N5O. The zero-order valence-corrected chi connectivity index (χ0v) is 9.03. The van der Waals surface area contributed by atoms with Gasteiger partial charge in [0, 0.05) is 12.6 Å². The second kappa shape index (κ2) is 3.71. The van der Waals surface area contributed by atoms with Crippen molar-refractivity contribution in [2.45, 2.75) is 19.4 Å². The van der Waals surface area contributed by atoms with E-state index in [9.17, 15) is 0 Å². The molecule has 2 aromatic heterocycles. The average molecular weight is 219 g/mol. The molecule has 1 aliphatic heterocycles. The van der Waals surface area contributed by atoms with Crippen LogP contribution in [0.3, 0.4) is 0 Å². The summed E-state index contributed by atoms with van der Waals surface area (Å²) in [6.45, 7) is 3.90. The number of hydrogen-bond donors (Lipinski definition) is 2. The van der Waals surface area contributed by atoms with Crippen molar-refractivity contribution in [1.29, 1.82) is 0 Å². The molecule has 2 N–H and O–H groups in total. The van der Waals surface area contributed by atoms with E-state index in [-0.39, 0.29) is 0 Å². The highest BCUT2D eigenvalue weighted by molar-refractivity contribution is 5.71. The van der Waals surface area contributed by atoms with Crippen molar-refractivity contribution in [2.24, 2.45) is 0 Å². The van der Waals surface area contributed by atoms with Crippen molar-refractivity contribution < 1.29 is 4.42 Å². The molecule has 6 nitrogen and oxygen atoms in total. The zero-order valence-electron chi connectivity index (χ0n) is 9.03. The van der Waals surface area contributed by atoms with Gasteiger partial charge in [-0.1, -0.05) is 0 Å². The summed E-state index contributed by atoms with van der Waals surface area (Å²) in [6.07, 6.45) is 2.49. The molecule has 3 heterocycles. The van der Waals surface area contributed by atoms with Crippen LogP contribution in [0.2, 0.25) is 0 Å². The number of aromatic nitrogens is 3. The Kier molecular flexibility index (Phi) is 2.21. The molecular weight excluding hydrogens is 206 g/mol. The van der Waals surface area contributed by atoms with Crippen LogP contribution in [-0.4, -0.2) is 34.1 Å². The van der Waals surface area contributed by atoms with Crippen LogP contribution in [-0.2, 0) is 0 Å². The second-order valence-electron chi connectivity index (χ2n) is 3.97. The Morgan fingerprint density at radius 1 is 1.50 bits per heavy atom. The molecule has 2 aromatic rings. The number of fused-ring (bicyclic) bond motifs is 1. The van der Waals surface area contributed by atoms with Crippen molar-refractivity contribution in [1.82, 2.24) is 20.3 Å².